The number of hydrogen-bond donors (Lipinski definition) is 1. The third-order valence-corrected chi connectivity index (χ3v) is 4.11. The van der Waals surface area contributed by atoms with Crippen LogP contribution in [-0.2, 0) is 4.79 Å². The fourth-order valence-corrected chi connectivity index (χ4v) is 2.74. The Balaban J connectivity index is 1.87. The van der Waals surface area contributed by atoms with Crippen molar-refractivity contribution in [2.45, 2.75) is 52.1 Å². The lowest BCUT2D eigenvalue weighted by Crippen LogP contribution is -2.37. The number of nitro benzene ring substituents is 1. The van der Waals surface area contributed by atoms with Crippen LogP contribution in [0.4, 0.5) is 5.69 Å². The second-order valence-corrected chi connectivity index (χ2v) is 6.14. The van der Waals surface area contributed by atoms with Crippen molar-refractivity contribution in [3.63, 3.8) is 0 Å². The molecule has 1 aliphatic rings. The van der Waals surface area contributed by atoms with Crippen molar-refractivity contribution in [3.8, 4) is 5.75 Å². The normalized spacial score (nSPS) is 15.3. The van der Waals surface area contributed by atoms with Crippen molar-refractivity contribution >= 4 is 11.6 Å². The molecule has 6 nitrogen and oxygen atoms in total. The van der Waals surface area contributed by atoms with Crippen molar-refractivity contribution < 1.29 is 14.5 Å². The molecule has 1 N–H and O–H groups in total. The smallest absolute Gasteiger partial charge is 0.311 e. The SMILES string of the molecule is Cc1ccc(O[C@H](C)C(=O)NCCC2=CCCCC2)c([N+](=O)[O-])c1. The van der Waals surface area contributed by atoms with E-state index in [-0.39, 0.29) is 17.3 Å². The Morgan fingerprint density at radius 2 is 2.21 bits per heavy atom. The van der Waals surface area contributed by atoms with Gasteiger partial charge in [-0.25, -0.2) is 0 Å². The first-order valence-electron chi connectivity index (χ1n) is 8.34. The molecule has 6 heteroatoms. The van der Waals surface area contributed by atoms with E-state index >= 15 is 0 Å². The fraction of sp³-hybridized carbons (Fsp3) is 0.500. The van der Waals surface area contributed by atoms with Gasteiger partial charge in [0.2, 0.25) is 0 Å². The molecule has 0 radical (unpaired) electrons. The number of amides is 1. The number of carbonyl (C=O) groups is 1. The molecule has 0 unspecified atom stereocenters. The molecule has 1 amide bonds. The summed E-state index contributed by atoms with van der Waals surface area (Å²) in [7, 11) is 0. The van der Waals surface area contributed by atoms with E-state index in [2.05, 4.69) is 11.4 Å². The van der Waals surface area contributed by atoms with Gasteiger partial charge in [0.15, 0.2) is 11.9 Å². The highest BCUT2D eigenvalue weighted by Gasteiger charge is 2.21. The highest BCUT2D eigenvalue weighted by Crippen LogP contribution is 2.28. The van der Waals surface area contributed by atoms with Crippen molar-refractivity contribution in [1.82, 2.24) is 5.32 Å². The molecular formula is C18H24N2O4. The first-order valence-corrected chi connectivity index (χ1v) is 8.34. The molecule has 1 aromatic rings. The molecule has 0 aliphatic heterocycles. The first kappa shape index (κ1) is 18.0. The Morgan fingerprint density at radius 3 is 2.88 bits per heavy atom. The minimum absolute atomic E-state index is 0.114. The predicted octanol–water partition coefficient (Wildman–Crippen LogP) is 3.68. The number of allylic oxidation sites excluding steroid dienone is 1. The number of nitrogens with zero attached hydrogens (tertiary/aromatic N) is 1. The average molecular weight is 332 g/mol. The molecule has 0 saturated carbocycles. The van der Waals surface area contributed by atoms with E-state index in [0.717, 1.165) is 24.8 Å². The fourth-order valence-electron chi connectivity index (χ4n) is 2.74. The molecule has 130 valence electrons. The molecule has 1 aromatic carbocycles. The number of hydrogen-bond acceptors (Lipinski definition) is 4. The van der Waals surface area contributed by atoms with Gasteiger partial charge in [-0.1, -0.05) is 17.7 Å². The number of benzene rings is 1. The maximum absolute atomic E-state index is 12.1. The summed E-state index contributed by atoms with van der Waals surface area (Å²) in [5.41, 5.74) is 2.04. The standard InChI is InChI=1S/C18H24N2O4/c1-13-8-9-17(16(12-13)20(22)23)24-14(2)18(21)19-11-10-15-6-4-3-5-7-15/h6,8-9,12,14H,3-5,7,10-11H2,1-2H3,(H,19,21)/t14-/m1/s1. The zero-order valence-corrected chi connectivity index (χ0v) is 14.2. The van der Waals surface area contributed by atoms with Crippen LogP contribution in [0.1, 0.15) is 44.6 Å². The second kappa shape index (κ2) is 8.47. The van der Waals surface area contributed by atoms with Gasteiger partial charge in [0.25, 0.3) is 5.91 Å². The summed E-state index contributed by atoms with van der Waals surface area (Å²) in [5, 5.41) is 13.9. The molecule has 0 aromatic heterocycles. The summed E-state index contributed by atoms with van der Waals surface area (Å²) in [6.45, 7) is 3.93. The Hall–Kier alpha value is -2.37. The van der Waals surface area contributed by atoms with E-state index in [9.17, 15) is 14.9 Å². The van der Waals surface area contributed by atoms with Crippen LogP contribution in [0.25, 0.3) is 0 Å². The minimum atomic E-state index is -0.785. The van der Waals surface area contributed by atoms with Gasteiger partial charge in [0, 0.05) is 12.6 Å². The van der Waals surface area contributed by atoms with Crippen molar-refractivity contribution in [2.24, 2.45) is 0 Å². The van der Waals surface area contributed by atoms with Gasteiger partial charge in [-0.05, 0) is 57.6 Å². The van der Waals surface area contributed by atoms with E-state index in [1.54, 1.807) is 19.9 Å². The van der Waals surface area contributed by atoms with Crippen LogP contribution in [-0.4, -0.2) is 23.5 Å². The maximum atomic E-state index is 12.1. The molecule has 0 fully saturated rings. The van der Waals surface area contributed by atoms with Gasteiger partial charge in [0.1, 0.15) is 0 Å². The highest BCUT2D eigenvalue weighted by atomic mass is 16.6. The third kappa shape index (κ3) is 5.08. The van der Waals surface area contributed by atoms with Crippen LogP contribution in [0, 0.1) is 17.0 Å². The number of nitro groups is 1. The molecule has 1 atom stereocenters. The molecule has 2 rings (SSSR count). The lowest BCUT2D eigenvalue weighted by Gasteiger charge is -2.16. The van der Waals surface area contributed by atoms with E-state index in [0.29, 0.717) is 6.54 Å². The largest absolute Gasteiger partial charge is 0.474 e. The summed E-state index contributed by atoms with van der Waals surface area (Å²) in [4.78, 5) is 22.7. The Bertz CT molecular complexity index is 640. The number of nitrogens with one attached hydrogen (secondary N) is 1. The third-order valence-electron chi connectivity index (χ3n) is 4.11. The Kier molecular flexibility index (Phi) is 6.35. The van der Waals surface area contributed by atoms with E-state index in [1.165, 1.54) is 30.5 Å². The Labute approximate surface area is 142 Å². The van der Waals surface area contributed by atoms with Crippen LogP contribution >= 0.6 is 0 Å². The van der Waals surface area contributed by atoms with E-state index in [4.69, 9.17) is 4.74 Å². The number of aryl methyl sites for hydroxylation is 1. The predicted molar refractivity (Wildman–Crippen MR) is 92.1 cm³/mol. The zero-order chi connectivity index (χ0) is 17.5. The summed E-state index contributed by atoms with van der Waals surface area (Å²) < 4.78 is 5.50. The van der Waals surface area contributed by atoms with Gasteiger partial charge >= 0.3 is 5.69 Å². The number of rotatable bonds is 7. The van der Waals surface area contributed by atoms with Crippen LogP contribution in [0.3, 0.4) is 0 Å². The topological polar surface area (TPSA) is 81.5 Å². The lowest BCUT2D eigenvalue weighted by molar-refractivity contribution is -0.386. The molecule has 0 spiro atoms. The zero-order valence-electron chi connectivity index (χ0n) is 14.2. The minimum Gasteiger partial charge on any atom is -0.474 e. The monoisotopic (exact) mass is 332 g/mol. The summed E-state index contributed by atoms with van der Waals surface area (Å²) in [6.07, 6.45) is 7.02. The summed E-state index contributed by atoms with van der Waals surface area (Å²) >= 11 is 0. The van der Waals surface area contributed by atoms with Crippen LogP contribution in [0.15, 0.2) is 29.8 Å². The van der Waals surface area contributed by atoms with E-state index in [1.807, 2.05) is 0 Å². The summed E-state index contributed by atoms with van der Waals surface area (Å²) in [6, 6.07) is 4.70. The second-order valence-electron chi connectivity index (χ2n) is 6.14. The van der Waals surface area contributed by atoms with Gasteiger partial charge in [-0.3, -0.25) is 14.9 Å². The van der Waals surface area contributed by atoms with Crippen molar-refractivity contribution in [3.05, 3.63) is 45.5 Å². The average Bonchev–Trinajstić information content (AvgIpc) is 2.57. The van der Waals surface area contributed by atoms with Crippen LogP contribution < -0.4 is 10.1 Å². The molecule has 0 bridgehead atoms. The first-order chi connectivity index (χ1) is 11.5. The maximum Gasteiger partial charge on any atom is 0.311 e. The number of carbonyl (C=O) groups excluding carboxylic acids is 1. The van der Waals surface area contributed by atoms with Gasteiger partial charge in [-0.2, -0.15) is 0 Å². The van der Waals surface area contributed by atoms with Crippen LogP contribution in [0.2, 0.25) is 0 Å². The number of ether oxygens (including phenoxy) is 1. The summed E-state index contributed by atoms with van der Waals surface area (Å²) in [5.74, 6) is -0.149. The molecule has 1 aliphatic carbocycles. The molecule has 0 heterocycles. The Morgan fingerprint density at radius 1 is 1.42 bits per heavy atom. The van der Waals surface area contributed by atoms with Crippen LogP contribution in [0.5, 0.6) is 5.75 Å². The van der Waals surface area contributed by atoms with Crippen molar-refractivity contribution in [1.29, 1.82) is 0 Å². The van der Waals surface area contributed by atoms with Gasteiger partial charge in [-0.15, -0.1) is 0 Å². The van der Waals surface area contributed by atoms with Gasteiger partial charge < -0.3 is 10.1 Å². The quantitative estimate of drug-likeness (QED) is 0.469. The molecule has 0 saturated heterocycles. The lowest BCUT2D eigenvalue weighted by atomic mass is 9.97. The van der Waals surface area contributed by atoms with Crippen molar-refractivity contribution in [2.75, 3.05) is 6.54 Å². The molecular weight excluding hydrogens is 308 g/mol. The molecule has 24 heavy (non-hydrogen) atoms. The van der Waals surface area contributed by atoms with Gasteiger partial charge in [0.05, 0.1) is 4.92 Å². The highest BCUT2D eigenvalue weighted by molar-refractivity contribution is 5.80. The van der Waals surface area contributed by atoms with E-state index < -0.39 is 11.0 Å².